The van der Waals surface area contributed by atoms with Crippen molar-refractivity contribution in [2.24, 2.45) is 29.6 Å². The van der Waals surface area contributed by atoms with Gasteiger partial charge in [-0.25, -0.2) is 4.39 Å². The fraction of sp³-hybridized carbons (Fsp3) is 0.379. The smallest absolute Gasteiger partial charge is 0.326 e. The van der Waals surface area contributed by atoms with Crippen molar-refractivity contribution in [2.75, 3.05) is 11.5 Å². The molecule has 2 amide bonds. The maximum atomic E-state index is 13.9. The molecule has 0 radical (unpaired) electrons. The number of hydrogen-bond acceptors (Lipinski definition) is 7. The van der Waals surface area contributed by atoms with E-state index in [1.807, 2.05) is 0 Å². The lowest BCUT2D eigenvalue weighted by molar-refractivity contribution is -0.144. The Bertz CT molecular complexity index is 1600. The van der Waals surface area contributed by atoms with E-state index in [4.69, 9.17) is 16.3 Å². The molecule has 1 saturated heterocycles. The Morgan fingerprint density at radius 3 is 2.38 bits per heavy atom. The molecule has 3 heterocycles. The van der Waals surface area contributed by atoms with Gasteiger partial charge < -0.3 is 4.74 Å². The molecule has 0 N–H and O–H groups in total. The number of fused-ring (bicyclic) bond motifs is 9. The van der Waals surface area contributed by atoms with E-state index in [1.54, 1.807) is 55.1 Å². The summed E-state index contributed by atoms with van der Waals surface area (Å²) in [5.74, 6) is -2.54. The number of rotatable bonds is 5. The van der Waals surface area contributed by atoms with Gasteiger partial charge in [0.2, 0.25) is 11.8 Å². The molecule has 4 aliphatic rings. The van der Waals surface area contributed by atoms with Crippen LogP contribution in [0.5, 0.6) is 0 Å². The van der Waals surface area contributed by atoms with Crippen LogP contribution in [0.1, 0.15) is 29.7 Å². The topological polar surface area (TPSA) is 85.7 Å². The molecule has 2 aliphatic heterocycles. The average Bonchev–Trinajstić information content (AvgIpc) is 3.65. The van der Waals surface area contributed by atoms with Gasteiger partial charge >= 0.3 is 10.8 Å². The number of esters is 1. The molecule has 7 rings (SSSR count). The first-order chi connectivity index (χ1) is 19.3. The summed E-state index contributed by atoms with van der Waals surface area (Å²) in [4.78, 5) is 55.1. The predicted molar refractivity (Wildman–Crippen MR) is 149 cm³/mol. The molecule has 11 heteroatoms. The molecule has 1 aromatic heterocycles. The number of carbonyl (C=O) groups excluding carboxylic acids is 3. The van der Waals surface area contributed by atoms with Crippen LogP contribution in [0.25, 0.3) is 0 Å². The zero-order valence-electron chi connectivity index (χ0n) is 21.3. The zero-order chi connectivity index (χ0) is 27.9. The Morgan fingerprint density at radius 1 is 1.02 bits per heavy atom. The van der Waals surface area contributed by atoms with E-state index in [1.165, 1.54) is 21.6 Å². The van der Waals surface area contributed by atoms with Gasteiger partial charge in [-0.05, 0) is 73.1 Å². The van der Waals surface area contributed by atoms with E-state index < -0.39 is 17.8 Å². The Balaban J connectivity index is 1.32. The Hall–Kier alpha value is -2.95. The second-order valence-corrected chi connectivity index (χ2v) is 13.3. The standard InChI is InChI=1S/C29H24ClFN2O5S2/c1-2-38-19(34)12-32-28-25(40-29(32)37)20(13-3-7-15(31)8-4-13)21-17-11-18(24(21)39-28)23-22(17)26(35)33(27(23)36)16-9-5-14(30)6-10-16/h3-10,17-18,20-24H,2,11-12H2,1H3. The maximum absolute atomic E-state index is 13.9. The van der Waals surface area contributed by atoms with E-state index in [2.05, 4.69) is 0 Å². The van der Waals surface area contributed by atoms with Crippen molar-refractivity contribution in [1.29, 1.82) is 0 Å². The number of imide groups is 1. The average molecular weight is 599 g/mol. The fourth-order valence-corrected chi connectivity index (χ4v) is 10.8. The number of ether oxygens (including phenoxy) is 1. The molecule has 7 unspecified atom stereocenters. The van der Waals surface area contributed by atoms with Crippen molar-refractivity contribution in [1.82, 2.24) is 4.57 Å². The third-order valence-electron chi connectivity index (χ3n) is 8.86. The van der Waals surface area contributed by atoms with Crippen LogP contribution in [0.3, 0.4) is 0 Å². The maximum Gasteiger partial charge on any atom is 0.326 e. The lowest BCUT2D eigenvalue weighted by atomic mass is 9.68. The quantitative estimate of drug-likeness (QED) is 0.305. The van der Waals surface area contributed by atoms with Crippen molar-refractivity contribution in [3.05, 3.63) is 79.5 Å². The number of nitrogens with zero attached hydrogens (tertiary/aromatic N) is 2. The van der Waals surface area contributed by atoms with Crippen molar-refractivity contribution in [3.63, 3.8) is 0 Å². The molecule has 2 saturated carbocycles. The molecule has 206 valence electrons. The van der Waals surface area contributed by atoms with E-state index in [9.17, 15) is 23.6 Å². The van der Waals surface area contributed by atoms with Crippen LogP contribution in [0.15, 0.2) is 58.4 Å². The van der Waals surface area contributed by atoms with Gasteiger partial charge in [-0.2, -0.15) is 0 Å². The highest BCUT2D eigenvalue weighted by molar-refractivity contribution is 8.00. The second-order valence-electron chi connectivity index (χ2n) is 10.7. The van der Waals surface area contributed by atoms with Gasteiger partial charge in [-0.1, -0.05) is 35.1 Å². The highest BCUT2D eigenvalue weighted by atomic mass is 35.5. The van der Waals surface area contributed by atoms with E-state index >= 15 is 0 Å². The number of halogens is 2. The van der Waals surface area contributed by atoms with Gasteiger partial charge in [0.25, 0.3) is 0 Å². The molecule has 2 aromatic carbocycles. The molecule has 7 nitrogen and oxygen atoms in total. The Labute approximate surface area is 242 Å². The largest absolute Gasteiger partial charge is 0.465 e. The Kier molecular flexibility index (Phi) is 6.21. The fourth-order valence-electron chi connectivity index (χ4n) is 7.48. The van der Waals surface area contributed by atoms with Gasteiger partial charge in [0.15, 0.2) is 0 Å². The summed E-state index contributed by atoms with van der Waals surface area (Å²) in [7, 11) is 0. The minimum absolute atomic E-state index is 0.0229. The van der Waals surface area contributed by atoms with Crippen molar-refractivity contribution in [2.45, 2.75) is 36.1 Å². The summed E-state index contributed by atoms with van der Waals surface area (Å²) >= 11 is 8.69. The van der Waals surface area contributed by atoms with Crippen LogP contribution < -0.4 is 9.77 Å². The van der Waals surface area contributed by atoms with E-state index in [-0.39, 0.29) is 64.6 Å². The SMILES string of the molecule is CCOC(=O)Cn1c2c(sc1=O)C(c1ccc(F)cc1)C1C3CC(C1S2)C1C(=O)N(c2ccc(Cl)cc2)C(=O)C31. The number of benzene rings is 2. The number of carbonyl (C=O) groups is 3. The summed E-state index contributed by atoms with van der Waals surface area (Å²) in [6.45, 7) is 1.73. The van der Waals surface area contributed by atoms with Crippen LogP contribution in [0.2, 0.25) is 5.02 Å². The first kappa shape index (κ1) is 26.0. The predicted octanol–water partition coefficient (Wildman–Crippen LogP) is 4.94. The molecule has 7 atom stereocenters. The van der Waals surface area contributed by atoms with Crippen molar-refractivity contribution in [3.8, 4) is 0 Å². The number of anilines is 1. The monoisotopic (exact) mass is 598 g/mol. The molecule has 2 bridgehead atoms. The summed E-state index contributed by atoms with van der Waals surface area (Å²) < 4.78 is 20.5. The van der Waals surface area contributed by atoms with Gasteiger partial charge in [0, 0.05) is 21.1 Å². The lowest BCUT2D eigenvalue weighted by Crippen LogP contribution is -2.43. The van der Waals surface area contributed by atoms with Crippen LogP contribution in [-0.2, 0) is 25.7 Å². The highest BCUT2D eigenvalue weighted by Gasteiger charge is 2.69. The highest BCUT2D eigenvalue weighted by Crippen LogP contribution is 2.69. The summed E-state index contributed by atoms with van der Waals surface area (Å²) in [6.07, 6.45) is 0.734. The third kappa shape index (κ3) is 3.75. The van der Waals surface area contributed by atoms with Crippen molar-refractivity contribution < 1.29 is 23.5 Å². The number of thiazole rings is 1. The van der Waals surface area contributed by atoms with Crippen LogP contribution in [0.4, 0.5) is 10.1 Å². The van der Waals surface area contributed by atoms with Crippen molar-refractivity contribution >= 4 is 58.2 Å². The van der Waals surface area contributed by atoms with Crippen LogP contribution >= 0.6 is 34.7 Å². The molecule has 3 fully saturated rings. The molecule has 2 aliphatic carbocycles. The van der Waals surface area contributed by atoms with E-state index in [0.29, 0.717) is 15.7 Å². The van der Waals surface area contributed by atoms with Gasteiger partial charge in [0.05, 0.1) is 29.2 Å². The molecule has 3 aromatic rings. The molecular formula is C29H24ClFN2O5S2. The minimum Gasteiger partial charge on any atom is -0.465 e. The number of amides is 2. The number of hydrogen-bond donors (Lipinski definition) is 0. The normalized spacial score (nSPS) is 29.9. The number of thioether (sulfide) groups is 1. The van der Waals surface area contributed by atoms with Gasteiger partial charge in [-0.3, -0.25) is 28.6 Å². The zero-order valence-corrected chi connectivity index (χ0v) is 23.7. The van der Waals surface area contributed by atoms with Crippen LogP contribution in [-0.4, -0.2) is 34.2 Å². The number of aromatic nitrogens is 1. The summed E-state index contributed by atoms with van der Waals surface area (Å²) in [5.41, 5.74) is 1.37. The lowest BCUT2D eigenvalue weighted by Gasteiger charge is -2.43. The molecular weight excluding hydrogens is 575 g/mol. The minimum atomic E-state index is -0.491. The van der Waals surface area contributed by atoms with Gasteiger partial charge in [-0.15, -0.1) is 11.8 Å². The summed E-state index contributed by atoms with van der Waals surface area (Å²) in [5, 5.41) is 1.18. The van der Waals surface area contributed by atoms with Crippen LogP contribution in [0, 0.1) is 35.4 Å². The van der Waals surface area contributed by atoms with Gasteiger partial charge in [0.1, 0.15) is 12.4 Å². The first-order valence-electron chi connectivity index (χ1n) is 13.2. The van der Waals surface area contributed by atoms with E-state index in [0.717, 1.165) is 28.2 Å². The molecule has 0 spiro atoms. The Morgan fingerprint density at radius 2 is 1.70 bits per heavy atom. The third-order valence-corrected chi connectivity index (χ3v) is 11.9. The second kappa shape index (κ2) is 9.56. The first-order valence-corrected chi connectivity index (χ1v) is 15.3. The molecule has 40 heavy (non-hydrogen) atoms. The summed E-state index contributed by atoms with van der Waals surface area (Å²) in [6, 6.07) is 13.0.